The van der Waals surface area contributed by atoms with Crippen LogP contribution in [0.4, 0.5) is 0 Å². The average molecular weight is 269 g/mol. The van der Waals surface area contributed by atoms with Gasteiger partial charge in [-0.1, -0.05) is 26.0 Å². The van der Waals surface area contributed by atoms with Crippen LogP contribution in [-0.4, -0.2) is 38.0 Å². The Morgan fingerprint density at radius 1 is 1.53 bits per heavy atom. The quantitative estimate of drug-likeness (QED) is 0.653. The van der Waals surface area contributed by atoms with Crippen LogP contribution in [-0.2, 0) is 22.7 Å². The first-order valence-electron chi connectivity index (χ1n) is 5.84. The van der Waals surface area contributed by atoms with Gasteiger partial charge in [0.15, 0.2) is 0 Å². The molecule has 4 N–H and O–H groups in total. The second-order valence-electron chi connectivity index (χ2n) is 5.36. The number of nitrogens with two attached hydrogens (primary N) is 1. The highest BCUT2D eigenvalue weighted by Gasteiger charge is 2.27. The second-order valence-corrected chi connectivity index (χ2v) is 5.36. The zero-order valence-electron chi connectivity index (χ0n) is 11.3. The fourth-order valence-corrected chi connectivity index (χ4v) is 1.32. The van der Waals surface area contributed by atoms with Crippen molar-refractivity contribution in [2.75, 3.05) is 0 Å². The van der Waals surface area contributed by atoms with E-state index in [1.807, 2.05) is 20.8 Å². The number of amides is 1. The summed E-state index contributed by atoms with van der Waals surface area (Å²) >= 11 is 0. The molecule has 0 saturated heterocycles. The van der Waals surface area contributed by atoms with E-state index in [9.17, 15) is 9.59 Å². The number of hydrogen-bond acceptors (Lipinski definition) is 5. The van der Waals surface area contributed by atoms with E-state index in [2.05, 4.69) is 15.6 Å². The number of carbonyl (C=O) groups excluding carboxylic acids is 1. The van der Waals surface area contributed by atoms with Gasteiger partial charge in [0, 0.05) is 0 Å². The number of hydrogen-bond donors (Lipinski definition) is 3. The van der Waals surface area contributed by atoms with E-state index in [0.717, 1.165) is 0 Å². The fourth-order valence-electron chi connectivity index (χ4n) is 1.32. The molecule has 0 saturated carbocycles. The van der Waals surface area contributed by atoms with Crippen molar-refractivity contribution < 1.29 is 14.7 Å². The normalized spacial score (nSPS) is 13.1. The summed E-state index contributed by atoms with van der Waals surface area (Å²) in [6.45, 7) is 5.53. The van der Waals surface area contributed by atoms with Crippen LogP contribution in [0.3, 0.4) is 0 Å². The van der Waals surface area contributed by atoms with Crippen LogP contribution in [0.1, 0.15) is 26.5 Å². The lowest BCUT2D eigenvalue weighted by Crippen LogP contribution is -2.48. The average Bonchev–Trinajstić information content (AvgIpc) is 2.70. The number of rotatable bonds is 5. The molecule has 19 heavy (non-hydrogen) atoms. The van der Waals surface area contributed by atoms with Gasteiger partial charge in [-0.25, -0.2) is 4.68 Å². The van der Waals surface area contributed by atoms with Crippen LogP contribution in [0.5, 0.6) is 0 Å². The van der Waals surface area contributed by atoms with Gasteiger partial charge in [0.1, 0.15) is 12.2 Å². The molecule has 1 amide bonds. The van der Waals surface area contributed by atoms with Crippen molar-refractivity contribution in [1.29, 1.82) is 0 Å². The third-order valence-electron chi connectivity index (χ3n) is 2.54. The molecular weight excluding hydrogens is 250 g/mol. The molecule has 0 spiro atoms. The molecule has 1 heterocycles. The van der Waals surface area contributed by atoms with E-state index in [4.69, 9.17) is 10.8 Å². The van der Waals surface area contributed by atoms with Crippen molar-refractivity contribution in [2.45, 2.75) is 39.9 Å². The highest BCUT2D eigenvalue weighted by atomic mass is 16.4. The van der Waals surface area contributed by atoms with Gasteiger partial charge in [-0.3, -0.25) is 9.59 Å². The summed E-state index contributed by atoms with van der Waals surface area (Å²) in [4.78, 5) is 22.2. The third kappa shape index (κ3) is 4.66. The standard InChI is InChI=1S/C11H19N5O3/c1-11(2,3)9(12)10(19)13-4-7-5-16(15-14-7)6-8(17)18/h5,9H,4,6,12H2,1-3H3,(H,13,19)(H,17,18)/t9-/m1/s1. The number of nitrogens with zero attached hydrogens (tertiary/aromatic N) is 3. The van der Waals surface area contributed by atoms with Crippen LogP contribution in [0.15, 0.2) is 6.20 Å². The van der Waals surface area contributed by atoms with Crippen molar-refractivity contribution >= 4 is 11.9 Å². The summed E-state index contributed by atoms with van der Waals surface area (Å²) in [5.41, 5.74) is 5.95. The van der Waals surface area contributed by atoms with Gasteiger partial charge >= 0.3 is 5.97 Å². The van der Waals surface area contributed by atoms with Crippen LogP contribution < -0.4 is 11.1 Å². The minimum atomic E-state index is -1.00. The molecule has 0 radical (unpaired) electrons. The Morgan fingerprint density at radius 2 is 2.16 bits per heavy atom. The van der Waals surface area contributed by atoms with Gasteiger partial charge in [-0.2, -0.15) is 0 Å². The van der Waals surface area contributed by atoms with E-state index >= 15 is 0 Å². The van der Waals surface area contributed by atoms with E-state index < -0.39 is 12.0 Å². The molecule has 1 aromatic rings. The zero-order valence-corrected chi connectivity index (χ0v) is 11.3. The number of carboxylic acid groups (broad SMARTS) is 1. The van der Waals surface area contributed by atoms with Crippen LogP contribution in [0.25, 0.3) is 0 Å². The summed E-state index contributed by atoms with van der Waals surface area (Å²) in [6.07, 6.45) is 1.47. The molecule has 0 aromatic carbocycles. The Hall–Kier alpha value is -1.96. The van der Waals surface area contributed by atoms with E-state index in [1.165, 1.54) is 10.9 Å². The summed E-state index contributed by atoms with van der Waals surface area (Å²) in [6, 6.07) is -0.624. The second kappa shape index (κ2) is 5.79. The molecule has 1 rings (SSSR count). The first-order valence-corrected chi connectivity index (χ1v) is 5.84. The maximum atomic E-state index is 11.8. The maximum absolute atomic E-state index is 11.8. The molecule has 0 aliphatic heterocycles. The van der Waals surface area contributed by atoms with Crippen molar-refractivity contribution in [2.24, 2.45) is 11.1 Å². The Kier molecular flexibility index (Phi) is 4.60. The molecule has 8 nitrogen and oxygen atoms in total. The van der Waals surface area contributed by atoms with Gasteiger partial charge < -0.3 is 16.2 Å². The molecule has 0 aliphatic rings. The first-order chi connectivity index (χ1) is 8.70. The zero-order chi connectivity index (χ0) is 14.6. The summed E-state index contributed by atoms with van der Waals surface area (Å²) in [5.74, 6) is -1.28. The molecule has 1 aromatic heterocycles. The first kappa shape index (κ1) is 15.1. The molecule has 0 unspecified atom stereocenters. The Labute approximate surface area is 111 Å². The summed E-state index contributed by atoms with van der Waals surface area (Å²) < 4.78 is 1.19. The Bertz CT molecular complexity index is 463. The highest BCUT2D eigenvalue weighted by Crippen LogP contribution is 2.17. The van der Waals surface area contributed by atoms with Gasteiger partial charge in [-0.05, 0) is 5.41 Å². The minimum Gasteiger partial charge on any atom is -0.480 e. The number of carboxylic acids is 1. The van der Waals surface area contributed by atoms with Gasteiger partial charge in [-0.15, -0.1) is 5.10 Å². The number of nitrogens with one attached hydrogen (secondary N) is 1. The molecule has 8 heteroatoms. The lowest BCUT2D eigenvalue weighted by Gasteiger charge is -2.25. The number of aliphatic carboxylic acids is 1. The van der Waals surface area contributed by atoms with Gasteiger partial charge in [0.25, 0.3) is 0 Å². The van der Waals surface area contributed by atoms with Crippen molar-refractivity contribution in [3.63, 3.8) is 0 Å². The minimum absolute atomic E-state index is 0.169. The van der Waals surface area contributed by atoms with Crippen LogP contribution >= 0.6 is 0 Å². The van der Waals surface area contributed by atoms with E-state index in [-0.39, 0.29) is 24.4 Å². The molecule has 0 bridgehead atoms. The molecule has 106 valence electrons. The predicted molar refractivity (Wildman–Crippen MR) is 66.9 cm³/mol. The topological polar surface area (TPSA) is 123 Å². The summed E-state index contributed by atoms with van der Waals surface area (Å²) in [5, 5.41) is 18.6. The SMILES string of the molecule is CC(C)(C)[C@H](N)C(=O)NCc1cn(CC(=O)O)nn1. The lowest BCUT2D eigenvalue weighted by atomic mass is 9.87. The number of aromatic nitrogens is 3. The summed E-state index contributed by atoms with van der Waals surface area (Å²) in [7, 11) is 0. The lowest BCUT2D eigenvalue weighted by molar-refractivity contribution is -0.138. The molecule has 0 fully saturated rings. The maximum Gasteiger partial charge on any atom is 0.325 e. The van der Waals surface area contributed by atoms with Crippen molar-refractivity contribution in [1.82, 2.24) is 20.3 Å². The largest absolute Gasteiger partial charge is 0.480 e. The monoisotopic (exact) mass is 269 g/mol. The number of carbonyl (C=O) groups is 2. The van der Waals surface area contributed by atoms with Gasteiger partial charge in [0.2, 0.25) is 5.91 Å². The van der Waals surface area contributed by atoms with E-state index in [0.29, 0.717) is 5.69 Å². The van der Waals surface area contributed by atoms with Crippen molar-refractivity contribution in [3.8, 4) is 0 Å². The fraction of sp³-hybridized carbons (Fsp3) is 0.636. The molecule has 0 aliphatic carbocycles. The Morgan fingerprint density at radius 3 is 2.68 bits per heavy atom. The third-order valence-corrected chi connectivity index (χ3v) is 2.54. The highest BCUT2D eigenvalue weighted by molar-refractivity contribution is 5.82. The molecular formula is C11H19N5O3. The Balaban J connectivity index is 2.51. The van der Waals surface area contributed by atoms with E-state index in [1.54, 1.807) is 0 Å². The van der Waals surface area contributed by atoms with Crippen LogP contribution in [0, 0.1) is 5.41 Å². The van der Waals surface area contributed by atoms with Crippen LogP contribution in [0.2, 0.25) is 0 Å². The van der Waals surface area contributed by atoms with Gasteiger partial charge in [0.05, 0.1) is 18.8 Å². The predicted octanol–water partition coefficient (Wildman–Crippen LogP) is -0.648. The smallest absolute Gasteiger partial charge is 0.325 e. The van der Waals surface area contributed by atoms with Crippen molar-refractivity contribution in [3.05, 3.63) is 11.9 Å². The molecule has 1 atom stereocenters.